The molecule has 1 aliphatic heterocycles. The van der Waals surface area contributed by atoms with E-state index in [1.54, 1.807) is 35.1 Å². The second-order valence-corrected chi connectivity index (χ2v) is 12.2. The van der Waals surface area contributed by atoms with Gasteiger partial charge in [-0.05, 0) is 66.9 Å². The Labute approximate surface area is 238 Å². The van der Waals surface area contributed by atoms with Crippen LogP contribution in [-0.2, 0) is 16.4 Å². The smallest absolute Gasteiger partial charge is 0.243 e. The Kier molecular flexibility index (Phi) is 6.90. The highest BCUT2D eigenvalue weighted by Crippen LogP contribution is 2.52. The minimum absolute atomic E-state index is 0.0746. The van der Waals surface area contributed by atoms with Crippen LogP contribution >= 0.6 is 0 Å². The van der Waals surface area contributed by atoms with Gasteiger partial charge in [0.25, 0.3) is 0 Å². The molecule has 1 unspecified atom stereocenters. The molecule has 1 N–H and O–H groups in total. The first kappa shape index (κ1) is 28.1. The third kappa shape index (κ3) is 4.57. The summed E-state index contributed by atoms with van der Waals surface area (Å²) in [5.41, 5.74) is 1.66. The molecule has 2 aliphatic rings. The highest BCUT2D eigenvalue weighted by Gasteiger charge is 2.51. The molecular weight excluding hydrogens is 576 g/mol. The zero-order valence-electron chi connectivity index (χ0n) is 22.1. The molecule has 2 aromatic carbocycles. The van der Waals surface area contributed by atoms with Gasteiger partial charge in [-0.1, -0.05) is 5.57 Å². The molecule has 218 valence electrons. The zero-order valence-corrected chi connectivity index (χ0v) is 23.0. The van der Waals surface area contributed by atoms with Crippen LogP contribution in [0.5, 0.6) is 5.75 Å². The number of aliphatic hydroxyl groups is 1. The normalized spacial score (nSPS) is 19.5. The van der Waals surface area contributed by atoms with Crippen LogP contribution in [0.3, 0.4) is 0 Å². The lowest BCUT2D eigenvalue weighted by atomic mass is 9.64. The molecule has 0 radical (unpaired) electrons. The highest BCUT2D eigenvalue weighted by molar-refractivity contribution is 7.89. The van der Waals surface area contributed by atoms with Crippen LogP contribution in [0.15, 0.2) is 71.4 Å². The number of hydrogen-bond acceptors (Lipinski definition) is 6. The van der Waals surface area contributed by atoms with Gasteiger partial charge in [0, 0.05) is 30.8 Å². The standard InChI is InChI=1S/C29H24F4N4O4S/c1-41-21-6-8-34-25(11-21)28(38)29-14-17-15-35-37(20-4-2-19(30)3-5-20)26(17)10-18(29)7-9-36(16-29)42(39,40)22-12-23(31)27(33)24(32)13-22/h2-6,8,10-13,15,28,38H,7,9,14,16H2,1H3/t28-,29?/m1/s1. The van der Waals surface area contributed by atoms with E-state index in [4.69, 9.17) is 4.74 Å². The Morgan fingerprint density at radius 3 is 2.45 bits per heavy atom. The van der Waals surface area contributed by atoms with E-state index in [9.17, 15) is 31.1 Å². The van der Waals surface area contributed by atoms with E-state index in [0.717, 1.165) is 4.31 Å². The molecule has 3 heterocycles. The molecule has 0 bridgehead atoms. The Hall–Kier alpha value is -4.07. The van der Waals surface area contributed by atoms with Crippen LogP contribution in [0.25, 0.3) is 11.8 Å². The monoisotopic (exact) mass is 600 g/mol. The number of halogens is 4. The van der Waals surface area contributed by atoms with Gasteiger partial charge in [0.15, 0.2) is 17.5 Å². The molecule has 42 heavy (non-hydrogen) atoms. The minimum Gasteiger partial charge on any atom is -0.497 e. The average molecular weight is 601 g/mol. The van der Waals surface area contributed by atoms with Crippen molar-refractivity contribution in [2.24, 2.45) is 5.41 Å². The highest BCUT2D eigenvalue weighted by atomic mass is 32.2. The summed E-state index contributed by atoms with van der Waals surface area (Å²) >= 11 is 0. The number of benzene rings is 2. The molecular formula is C29H24F4N4O4S. The Morgan fingerprint density at radius 2 is 1.76 bits per heavy atom. The molecule has 1 fully saturated rings. The van der Waals surface area contributed by atoms with Gasteiger partial charge in [0.05, 0.1) is 35.3 Å². The third-order valence-corrected chi connectivity index (χ3v) is 9.71. The lowest BCUT2D eigenvalue weighted by molar-refractivity contribution is 0.0186. The maximum atomic E-state index is 14.0. The summed E-state index contributed by atoms with van der Waals surface area (Å²) in [6.45, 7) is -0.349. The quantitative estimate of drug-likeness (QED) is 0.257. The first-order valence-corrected chi connectivity index (χ1v) is 14.3. The van der Waals surface area contributed by atoms with E-state index >= 15 is 0 Å². The first-order valence-electron chi connectivity index (χ1n) is 12.9. The van der Waals surface area contributed by atoms with Crippen LogP contribution < -0.4 is 4.74 Å². The second-order valence-electron chi connectivity index (χ2n) is 10.3. The van der Waals surface area contributed by atoms with Gasteiger partial charge in [-0.15, -0.1) is 0 Å². The van der Waals surface area contributed by atoms with Crippen LogP contribution in [0.4, 0.5) is 17.6 Å². The predicted molar refractivity (Wildman–Crippen MR) is 143 cm³/mol. The average Bonchev–Trinajstić information content (AvgIpc) is 3.40. The molecule has 0 spiro atoms. The summed E-state index contributed by atoms with van der Waals surface area (Å²) in [6, 6.07) is 9.81. The summed E-state index contributed by atoms with van der Waals surface area (Å²) < 4.78 is 90.5. The number of nitrogens with zero attached hydrogens (tertiary/aromatic N) is 4. The van der Waals surface area contributed by atoms with Gasteiger partial charge in [0.1, 0.15) is 17.7 Å². The van der Waals surface area contributed by atoms with E-state index in [1.807, 2.05) is 6.08 Å². The van der Waals surface area contributed by atoms with Crippen molar-refractivity contribution >= 4 is 16.1 Å². The SMILES string of the molecule is COc1ccnc([C@@H](O)C23Cc4cnn(-c5ccc(F)cc5)c4C=C2CCN(S(=O)(=O)c2cc(F)c(F)c(F)c2)C3)c1. The number of fused-ring (bicyclic) bond motifs is 2. The molecule has 0 saturated carbocycles. The van der Waals surface area contributed by atoms with Gasteiger partial charge in [-0.2, -0.15) is 9.40 Å². The molecule has 1 aliphatic carbocycles. The molecule has 0 amide bonds. The van der Waals surface area contributed by atoms with Crippen molar-refractivity contribution in [2.75, 3.05) is 20.2 Å². The van der Waals surface area contributed by atoms with E-state index in [-0.39, 0.29) is 31.6 Å². The summed E-state index contributed by atoms with van der Waals surface area (Å²) in [6.07, 6.45) is 3.84. The fraction of sp³-hybridized carbons (Fsp3) is 0.241. The van der Waals surface area contributed by atoms with E-state index < -0.39 is 49.7 Å². The number of sulfonamides is 1. The van der Waals surface area contributed by atoms with Crippen LogP contribution in [-0.4, -0.2) is 52.8 Å². The first-order chi connectivity index (χ1) is 20.0. The number of aromatic nitrogens is 3. The molecule has 1 saturated heterocycles. The molecule has 2 aromatic heterocycles. The number of piperidine rings is 1. The number of hydrogen-bond donors (Lipinski definition) is 1. The topological polar surface area (TPSA) is 97.6 Å². The fourth-order valence-electron chi connectivity index (χ4n) is 5.73. The minimum atomic E-state index is -4.51. The van der Waals surface area contributed by atoms with Crippen molar-refractivity contribution in [3.63, 3.8) is 0 Å². The van der Waals surface area contributed by atoms with Crippen molar-refractivity contribution in [1.82, 2.24) is 19.1 Å². The summed E-state index contributed by atoms with van der Waals surface area (Å²) in [5, 5.41) is 16.4. The van der Waals surface area contributed by atoms with Gasteiger partial charge >= 0.3 is 0 Å². The predicted octanol–water partition coefficient (Wildman–Crippen LogP) is 4.59. The van der Waals surface area contributed by atoms with E-state index in [2.05, 4.69) is 10.1 Å². The molecule has 6 rings (SSSR count). The largest absolute Gasteiger partial charge is 0.497 e. The Bertz CT molecular complexity index is 1800. The summed E-state index contributed by atoms with van der Waals surface area (Å²) in [7, 11) is -3.05. The number of aliphatic hydroxyl groups excluding tert-OH is 1. The summed E-state index contributed by atoms with van der Waals surface area (Å²) in [4.78, 5) is 3.58. The van der Waals surface area contributed by atoms with Crippen LogP contribution in [0.2, 0.25) is 0 Å². The number of rotatable bonds is 6. The van der Waals surface area contributed by atoms with Gasteiger partial charge in [-0.3, -0.25) is 4.98 Å². The lowest BCUT2D eigenvalue weighted by Crippen LogP contribution is -2.52. The van der Waals surface area contributed by atoms with Crippen LogP contribution in [0, 0.1) is 28.7 Å². The lowest BCUT2D eigenvalue weighted by Gasteiger charge is -2.48. The number of methoxy groups -OCH3 is 1. The molecule has 4 aromatic rings. The van der Waals surface area contributed by atoms with E-state index in [1.165, 1.54) is 25.4 Å². The maximum absolute atomic E-state index is 14.0. The number of pyridine rings is 1. The van der Waals surface area contributed by atoms with Gasteiger partial charge < -0.3 is 9.84 Å². The van der Waals surface area contributed by atoms with Crippen molar-refractivity contribution in [3.05, 3.63) is 107 Å². The Balaban J connectivity index is 1.46. The number of ether oxygens (including phenoxy) is 1. The molecule has 8 nitrogen and oxygen atoms in total. The van der Waals surface area contributed by atoms with Gasteiger partial charge in [-0.25, -0.2) is 30.7 Å². The van der Waals surface area contributed by atoms with Crippen molar-refractivity contribution < 1.29 is 35.8 Å². The summed E-state index contributed by atoms with van der Waals surface area (Å²) in [5.74, 6) is -5.00. The van der Waals surface area contributed by atoms with E-state index in [0.29, 0.717) is 40.4 Å². The zero-order chi connectivity index (χ0) is 29.8. The second kappa shape index (κ2) is 10.3. The molecule has 2 atom stereocenters. The Morgan fingerprint density at radius 1 is 1.05 bits per heavy atom. The third-order valence-electron chi connectivity index (χ3n) is 7.89. The van der Waals surface area contributed by atoms with Crippen molar-refractivity contribution in [3.8, 4) is 11.4 Å². The van der Waals surface area contributed by atoms with Crippen molar-refractivity contribution in [2.45, 2.75) is 23.8 Å². The fourth-order valence-corrected chi connectivity index (χ4v) is 7.27. The van der Waals surface area contributed by atoms with Crippen molar-refractivity contribution in [1.29, 1.82) is 0 Å². The van der Waals surface area contributed by atoms with Gasteiger partial charge in [0.2, 0.25) is 10.0 Å². The molecule has 13 heteroatoms. The van der Waals surface area contributed by atoms with Crippen LogP contribution in [0.1, 0.15) is 29.5 Å². The maximum Gasteiger partial charge on any atom is 0.243 e.